The number of para-hydroxylation sites is 5. The van der Waals surface area contributed by atoms with Crippen LogP contribution in [0.1, 0.15) is 167 Å². The standard InChI is InChI=1S/C22H19ClO5.C16H14BrClO3.C14H12O.C8H7F.C6H6O.6C2H6.4CH4/c1-27-22(26)20-16(21(23)18(25)13-17(20)24)12-11-14-7-5-6-10-19(14)28-15-8-3-2-4-9-15;1-10-8-12(21-9-11-6-4-3-5-7-11)13(16(19)20-2)14(17)15(10)18;1-2-12-8-6-7-11-14(12)15-13-9-4-3-5-10-13;1-2-7-5-3-4-6-8(7)9;7-6-4-2-1-3-5-6;6*1-2;;;;/h2-10,13,24-25H,11-12H2,1H3;3-8H,9H2,1-2H3;2-11H,1H2;2-6H,1H2;1-5,7H;6*1-2H3;4*1H4. The van der Waals surface area contributed by atoms with Gasteiger partial charge < -0.3 is 39.0 Å². The number of esters is 2. The summed E-state index contributed by atoms with van der Waals surface area (Å²) in [6.07, 6.45) is 4.05. The number of hydrogen-bond donors (Lipinski definition) is 3. The molecule has 10 nitrogen and oxygen atoms in total. The molecule has 9 aromatic carbocycles. The Hall–Kier alpha value is -8.81. The number of methoxy groups -OCH3 is 2. The Labute approximate surface area is 596 Å². The molecule has 0 heterocycles. The van der Waals surface area contributed by atoms with Gasteiger partial charge in [-0.05, 0) is 119 Å². The van der Waals surface area contributed by atoms with Gasteiger partial charge in [-0.1, -0.05) is 301 Å². The van der Waals surface area contributed by atoms with Crippen molar-refractivity contribution in [2.24, 2.45) is 0 Å². The van der Waals surface area contributed by atoms with Gasteiger partial charge in [-0.2, -0.15) is 0 Å². The highest BCUT2D eigenvalue weighted by molar-refractivity contribution is 9.10. The lowest BCUT2D eigenvalue weighted by atomic mass is 9.98. The van der Waals surface area contributed by atoms with Gasteiger partial charge >= 0.3 is 11.9 Å². The fraction of sp³-hybridized carbons (Fsp3) is 0.268. The number of benzene rings is 9. The van der Waals surface area contributed by atoms with Crippen LogP contribution in [0.25, 0.3) is 12.2 Å². The van der Waals surface area contributed by atoms with E-state index in [-0.39, 0.29) is 57.6 Å². The third kappa shape index (κ3) is 35.6. The largest absolute Gasteiger partial charge is 0.508 e. The first-order valence-corrected chi connectivity index (χ1v) is 32.2. The number of halogens is 4. The molecule has 0 bridgehead atoms. The first-order valence-electron chi connectivity index (χ1n) is 30.6. The zero-order chi connectivity index (χ0) is 69.8. The summed E-state index contributed by atoms with van der Waals surface area (Å²) >= 11 is 15.7. The van der Waals surface area contributed by atoms with Crippen molar-refractivity contribution in [1.82, 2.24) is 0 Å². The van der Waals surface area contributed by atoms with Crippen LogP contribution < -0.4 is 14.2 Å². The van der Waals surface area contributed by atoms with E-state index in [0.29, 0.717) is 68.6 Å². The summed E-state index contributed by atoms with van der Waals surface area (Å²) in [5.74, 6) is 1.72. The van der Waals surface area contributed by atoms with Crippen LogP contribution in [0.2, 0.25) is 10.0 Å². The highest BCUT2D eigenvalue weighted by Crippen LogP contribution is 2.39. The lowest BCUT2D eigenvalue weighted by Crippen LogP contribution is -2.08. The van der Waals surface area contributed by atoms with Crippen molar-refractivity contribution >= 4 is 63.2 Å². The molecule has 14 heteroatoms. The summed E-state index contributed by atoms with van der Waals surface area (Å²) in [6, 6.07) is 62.2. The van der Waals surface area contributed by atoms with Crippen molar-refractivity contribution < 1.29 is 53.0 Å². The Bertz CT molecular complexity index is 3430. The lowest BCUT2D eigenvalue weighted by molar-refractivity contribution is 0.0585. The van der Waals surface area contributed by atoms with Crippen LogP contribution in [0.5, 0.6) is 46.0 Å². The van der Waals surface area contributed by atoms with Crippen LogP contribution in [-0.2, 0) is 28.9 Å². The number of carbonyl (C=O) groups excluding carboxylic acids is 2. The molecule has 0 aliphatic rings. The smallest absolute Gasteiger partial charge is 0.342 e. The van der Waals surface area contributed by atoms with Crippen LogP contribution in [-0.4, -0.2) is 41.5 Å². The van der Waals surface area contributed by atoms with Crippen LogP contribution in [0.4, 0.5) is 4.39 Å². The molecule has 0 unspecified atom stereocenters. The molecular formula is C82H110BrCl2FO10. The van der Waals surface area contributed by atoms with Gasteiger partial charge in [-0.15, -0.1) is 0 Å². The Kier molecular flexibility index (Phi) is 62.5. The van der Waals surface area contributed by atoms with Crippen molar-refractivity contribution in [2.75, 3.05) is 14.2 Å². The number of carbonyl (C=O) groups is 2. The quantitative estimate of drug-likeness (QED) is 0.0901. The number of phenolic OH excluding ortho intramolecular Hbond substituents is 3. The Morgan fingerprint density at radius 1 is 0.479 bits per heavy atom. The van der Waals surface area contributed by atoms with Gasteiger partial charge in [0, 0.05) is 17.2 Å². The summed E-state index contributed by atoms with van der Waals surface area (Å²) in [4.78, 5) is 24.0. The molecule has 9 rings (SSSR count). The molecular weight excluding hydrogens is 1310 g/mol. The number of aryl methyl sites for hydroxylation is 2. The maximum atomic E-state index is 12.5. The van der Waals surface area contributed by atoms with E-state index >= 15 is 0 Å². The highest BCUT2D eigenvalue weighted by atomic mass is 79.9. The second-order valence-corrected chi connectivity index (χ2v) is 18.3. The SMILES string of the molecule is C.C.C.C.C=Cc1ccccc1F.C=Cc1ccccc1Oc1ccccc1.CC.CC.CC.CC.CC.CC.COC(=O)c1c(O)cc(O)c(Cl)c1CCc1ccccc1Oc1ccccc1.COC(=O)c1c(OCc2ccccc2)cc(C)c(Cl)c1Br.Oc1ccccc1. The van der Waals surface area contributed by atoms with Crippen LogP contribution in [0.3, 0.4) is 0 Å². The summed E-state index contributed by atoms with van der Waals surface area (Å²) in [5.41, 5.74) is 4.84. The Morgan fingerprint density at radius 3 is 1.31 bits per heavy atom. The van der Waals surface area contributed by atoms with Crippen molar-refractivity contribution in [3.8, 4) is 46.0 Å². The van der Waals surface area contributed by atoms with Crippen LogP contribution in [0, 0.1) is 12.7 Å². The molecule has 526 valence electrons. The normalized spacial score (nSPS) is 8.66. The minimum Gasteiger partial charge on any atom is -0.508 e. The molecule has 9 aromatic rings. The number of hydrogen-bond acceptors (Lipinski definition) is 10. The highest BCUT2D eigenvalue weighted by Gasteiger charge is 2.24. The zero-order valence-corrected chi connectivity index (χ0v) is 59.1. The molecule has 0 aromatic heterocycles. The Morgan fingerprint density at radius 2 is 0.875 bits per heavy atom. The van der Waals surface area contributed by atoms with E-state index in [1.807, 2.05) is 236 Å². The minimum absolute atomic E-state index is 0. The van der Waals surface area contributed by atoms with Crippen molar-refractivity contribution in [3.05, 3.63) is 284 Å². The number of phenols is 3. The van der Waals surface area contributed by atoms with Gasteiger partial charge in [0.05, 0.1) is 28.7 Å². The lowest BCUT2D eigenvalue weighted by Gasteiger charge is -2.15. The second-order valence-electron chi connectivity index (χ2n) is 16.8. The molecule has 0 fully saturated rings. The third-order valence-corrected chi connectivity index (χ3v) is 13.2. The van der Waals surface area contributed by atoms with E-state index < -0.39 is 11.9 Å². The van der Waals surface area contributed by atoms with E-state index in [1.54, 1.807) is 54.6 Å². The minimum atomic E-state index is -0.719. The Balaban J connectivity index is -0.000000265. The van der Waals surface area contributed by atoms with E-state index in [9.17, 15) is 24.2 Å². The summed E-state index contributed by atoms with van der Waals surface area (Å²) in [7, 11) is 2.54. The fourth-order valence-electron chi connectivity index (χ4n) is 7.22. The predicted molar refractivity (Wildman–Crippen MR) is 415 cm³/mol. The molecule has 0 amide bonds. The summed E-state index contributed by atoms with van der Waals surface area (Å²) in [6.45, 7) is 33.4. The molecule has 0 spiro atoms. The van der Waals surface area contributed by atoms with Crippen molar-refractivity contribution in [2.45, 2.75) is 139 Å². The first-order chi connectivity index (χ1) is 44.7. The van der Waals surface area contributed by atoms with Gasteiger partial charge in [0.1, 0.15) is 69.5 Å². The molecule has 0 saturated heterocycles. The van der Waals surface area contributed by atoms with Gasteiger partial charge in [-0.3, -0.25) is 0 Å². The first kappa shape index (κ1) is 98.3. The average Bonchev–Trinajstić information content (AvgIpc) is 0.824. The molecule has 0 aliphatic heterocycles. The molecule has 0 atom stereocenters. The van der Waals surface area contributed by atoms with E-state index in [2.05, 4.69) is 29.1 Å². The predicted octanol–water partition coefficient (Wildman–Crippen LogP) is 26.6. The monoisotopic (exact) mass is 1420 g/mol. The number of aromatic hydroxyl groups is 3. The molecule has 3 N–H and O–H groups in total. The van der Waals surface area contributed by atoms with Gasteiger partial charge in [0.2, 0.25) is 0 Å². The van der Waals surface area contributed by atoms with E-state index in [0.717, 1.165) is 39.8 Å². The van der Waals surface area contributed by atoms with Gasteiger partial charge in [-0.25, -0.2) is 14.0 Å². The third-order valence-electron chi connectivity index (χ3n) is 11.3. The average molecular weight is 1430 g/mol. The summed E-state index contributed by atoms with van der Waals surface area (Å²) < 4.78 is 40.0. The van der Waals surface area contributed by atoms with Crippen molar-refractivity contribution in [1.29, 1.82) is 0 Å². The van der Waals surface area contributed by atoms with Crippen LogP contribution in [0.15, 0.2) is 224 Å². The second kappa shape index (κ2) is 61.1. The summed E-state index contributed by atoms with van der Waals surface area (Å²) in [5, 5.41) is 29.2. The molecule has 0 saturated carbocycles. The fourth-order valence-corrected chi connectivity index (χ4v) is 8.29. The van der Waals surface area contributed by atoms with Crippen LogP contribution >= 0.6 is 39.1 Å². The topological polar surface area (TPSA) is 141 Å². The molecule has 96 heavy (non-hydrogen) atoms. The van der Waals surface area contributed by atoms with Gasteiger partial charge in [0.15, 0.2) is 0 Å². The maximum Gasteiger partial charge on any atom is 0.342 e. The maximum absolute atomic E-state index is 12.5. The van der Waals surface area contributed by atoms with E-state index in [1.165, 1.54) is 26.4 Å². The van der Waals surface area contributed by atoms with E-state index in [4.69, 9.17) is 52.0 Å². The number of rotatable bonds is 14. The van der Waals surface area contributed by atoms with Gasteiger partial charge in [0.25, 0.3) is 0 Å². The number of ether oxygens (including phenoxy) is 5. The zero-order valence-electron chi connectivity index (χ0n) is 56.0. The van der Waals surface area contributed by atoms with Crippen molar-refractivity contribution in [3.63, 3.8) is 0 Å². The molecule has 0 aliphatic carbocycles. The molecule has 0 radical (unpaired) electrons.